The molecule has 0 aromatic heterocycles. The summed E-state index contributed by atoms with van der Waals surface area (Å²) in [7, 11) is 0. The fraction of sp³-hybridized carbons (Fsp3) is 0.133. The first-order valence-electron chi connectivity index (χ1n) is 6.12. The van der Waals surface area contributed by atoms with Gasteiger partial charge in [0.15, 0.2) is 0 Å². The molecule has 0 radical (unpaired) electrons. The molecule has 3 nitrogen and oxygen atoms in total. The standard InChI is InChI=1S/C15H15FN2OS/c1-10(19)18-13-3-5-14(6-4-13)20-15-7-2-12(16)8-11(15)9-17/h2-8H,9,17H2,1H3,(H,18,19). The Morgan fingerprint density at radius 1 is 1.25 bits per heavy atom. The van der Waals surface area contributed by atoms with E-state index >= 15 is 0 Å². The Labute approximate surface area is 121 Å². The van der Waals surface area contributed by atoms with E-state index in [9.17, 15) is 9.18 Å². The lowest BCUT2D eigenvalue weighted by Gasteiger charge is -2.08. The van der Waals surface area contributed by atoms with E-state index in [1.807, 2.05) is 24.3 Å². The normalized spacial score (nSPS) is 10.3. The highest BCUT2D eigenvalue weighted by molar-refractivity contribution is 7.99. The average Bonchev–Trinajstić information content (AvgIpc) is 2.42. The van der Waals surface area contributed by atoms with Crippen LogP contribution in [0.25, 0.3) is 0 Å². The second-order valence-electron chi connectivity index (χ2n) is 4.26. The van der Waals surface area contributed by atoms with Gasteiger partial charge in [-0.1, -0.05) is 11.8 Å². The van der Waals surface area contributed by atoms with Crippen LogP contribution in [0.1, 0.15) is 12.5 Å². The zero-order valence-electron chi connectivity index (χ0n) is 11.0. The van der Waals surface area contributed by atoms with E-state index in [0.717, 1.165) is 21.0 Å². The van der Waals surface area contributed by atoms with Crippen LogP contribution in [-0.4, -0.2) is 5.91 Å². The van der Waals surface area contributed by atoms with Crippen molar-refractivity contribution in [3.63, 3.8) is 0 Å². The minimum absolute atomic E-state index is 0.102. The number of anilines is 1. The minimum atomic E-state index is -0.282. The van der Waals surface area contributed by atoms with Crippen LogP contribution in [0.5, 0.6) is 0 Å². The highest BCUT2D eigenvalue weighted by atomic mass is 32.2. The van der Waals surface area contributed by atoms with Crippen LogP contribution in [0.15, 0.2) is 52.3 Å². The maximum absolute atomic E-state index is 13.1. The molecule has 5 heteroatoms. The van der Waals surface area contributed by atoms with Gasteiger partial charge in [-0.3, -0.25) is 4.79 Å². The van der Waals surface area contributed by atoms with E-state index in [1.54, 1.807) is 6.07 Å². The molecule has 0 spiro atoms. The highest BCUT2D eigenvalue weighted by Crippen LogP contribution is 2.31. The van der Waals surface area contributed by atoms with Gasteiger partial charge in [-0.2, -0.15) is 0 Å². The quantitative estimate of drug-likeness (QED) is 0.907. The van der Waals surface area contributed by atoms with E-state index in [0.29, 0.717) is 6.54 Å². The molecule has 2 aromatic rings. The number of carbonyl (C=O) groups is 1. The Balaban J connectivity index is 2.16. The molecular weight excluding hydrogens is 275 g/mol. The molecule has 0 aliphatic heterocycles. The topological polar surface area (TPSA) is 55.1 Å². The largest absolute Gasteiger partial charge is 0.326 e. The van der Waals surface area contributed by atoms with Crippen LogP contribution in [0.4, 0.5) is 10.1 Å². The number of hydrogen-bond donors (Lipinski definition) is 2. The van der Waals surface area contributed by atoms with Crippen molar-refractivity contribution >= 4 is 23.4 Å². The lowest BCUT2D eigenvalue weighted by atomic mass is 10.2. The number of nitrogens with two attached hydrogens (primary N) is 1. The molecule has 2 rings (SSSR count). The highest BCUT2D eigenvalue weighted by Gasteiger charge is 2.05. The summed E-state index contributed by atoms with van der Waals surface area (Å²) in [6.07, 6.45) is 0. The van der Waals surface area contributed by atoms with Crippen molar-refractivity contribution in [2.24, 2.45) is 5.73 Å². The van der Waals surface area contributed by atoms with Gasteiger partial charge in [0.2, 0.25) is 5.91 Å². The first-order chi connectivity index (χ1) is 9.58. The third kappa shape index (κ3) is 3.82. The molecule has 2 aromatic carbocycles. The number of halogens is 1. The average molecular weight is 290 g/mol. The summed E-state index contributed by atoms with van der Waals surface area (Å²) in [5.74, 6) is -0.384. The van der Waals surface area contributed by atoms with E-state index < -0.39 is 0 Å². The summed E-state index contributed by atoms with van der Waals surface area (Å²) < 4.78 is 13.1. The molecule has 0 saturated carbocycles. The van der Waals surface area contributed by atoms with Gasteiger partial charge in [0.25, 0.3) is 0 Å². The van der Waals surface area contributed by atoms with Crippen molar-refractivity contribution in [3.8, 4) is 0 Å². The molecule has 0 heterocycles. The first kappa shape index (κ1) is 14.6. The fourth-order valence-electron chi connectivity index (χ4n) is 1.74. The van der Waals surface area contributed by atoms with E-state index in [1.165, 1.54) is 30.8 Å². The second kappa shape index (κ2) is 6.54. The third-order valence-electron chi connectivity index (χ3n) is 2.64. The second-order valence-corrected chi connectivity index (χ2v) is 5.38. The Hall–Kier alpha value is -1.85. The van der Waals surface area contributed by atoms with E-state index in [4.69, 9.17) is 5.73 Å². The van der Waals surface area contributed by atoms with Crippen LogP contribution in [-0.2, 0) is 11.3 Å². The number of rotatable bonds is 4. The molecule has 0 saturated heterocycles. The molecule has 0 aliphatic carbocycles. The van der Waals surface area contributed by atoms with Gasteiger partial charge < -0.3 is 11.1 Å². The Kier molecular flexibility index (Phi) is 4.76. The molecule has 0 bridgehead atoms. The van der Waals surface area contributed by atoms with Crippen molar-refractivity contribution < 1.29 is 9.18 Å². The van der Waals surface area contributed by atoms with Gasteiger partial charge in [0.05, 0.1) is 0 Å². The Morgan fingerprint density at radius 3 is 2.55 bits per heavy atom. The van der Waals surface area contributed by atoms with Crippen LogP contribution in [0.2, 0.25) is 0 Å². The van der Waals surface area contributed by atoms with Crippen molar-refractivity contribution in [3.05, 3.63) is 53.8 Å². The van der Waals surface area contributed by atoms with Crippen LogP contribution in [0.3, 0.4) is 0 Å². The van der Waals surface area contributed by atoms with Gasteiger partial charge in [0.1, 0.15) is 5.82 Å². The molecule has 1 amide bonds. The summed E-state index contributed by atoms with van der Waals surface area (Å²) in [6, 6.07) is 12.1. The third-order valence-corrected chi connectivity index (χ3v) is 3.77. The lowest BCUT2D eigenvalue weighted by molar-refractivity contribution is -0.114. The van der Waals surface area contributed by atoms with Crippen LogP contribution in [0, 0.1) is 5.82 Å². The maximum atomic E-state index is 13.1. The van der Waals surface area contributed by atoms with Gasteiger partial charge >= 0.3 is 0 Å². The number of nitrogens with one attached hydrogen (secondary N) is 1. The van der Waals surface area contributed by atoms with Crippen LogP contribution < -0.4 is 11.1 Å². The zero-order chi connectivity index (χ0) is 14.5. The number of carbonyl (C=O) groups excluding carboxylic acids is 1. The van der Waals surface area contributed by atoms with E-state index in [2.05, 4.69) is 5.32 Å². The lowest BCUT2D eigenvalue weighted by Crippen LogP contribution is -2.05. The number of hydrogen-bond acceptors (Lipinski definition) is 3. The maximum Gasteiger partial charge on any atom is 0.221 e. The van der Waals surface area contributed by atoms with Crippen molar-refractivity contribution in [1.29, 1.82) is 0 Å². The molecular formula is C15H15FN2OS. The van der Waals surface area contributed by atoms with Gasteiger partial charge in [-0.25, -0.2) is 4.39 Å². The molecule has 0 fully saturated rings. The monoisotopic (exact) mass is 290 g/mol. The van der Waals surface area contributed by atoms with Crippen molar-refractivity contribution in [1.82, 2.24) is 0 Å². The Bertz CT molecular complexity index is 614. The molecule has 0 aliphatic rings. The predicted octanol–water partition coefficient (Wildman–Crippen LogP) is 3.39. The first-order valence-corrected chi connectivity index (χ1v) is 6.94. The van der Waals surface area contributed by atoms with Crippen molar-refractivity contribution in [2.75, 3.05) is 5.32 Å². The summed E-state index contributed by atoms with van der Waals surface area (Å²) in [5.41, 5.74) is 7.15. The SMILES string of the molecule is CC(=O)Nc1ccc(Sc2ccc(F)cc2CN)cc1. The van der Waals surface area contributed by atoms with Gasteiger partial charge in [-0.15, -0.1) is 0 Å². The zero-order valence-corrected chi connectivity index (χ0v) is 11.8. The van der Waals surface area contributed by atoms with Crippen LogP contribution >= 0.6 is 11.8 Å². The summed E-state index contributed by atoms with van der Waals surface area (Å²) in [6.45, 7) is 1.76. The fourth-order valence-corrected chi connectivity index (χ4v) is 2.68. The summed E-state index contributed by atoms with van der Waals surface area (Å²) in [5, 5.41) is 2.71. The minimum Gasteiger partial charge on any atom is -0.326 e. The number of benzene rings is 2. The molecule has 3 N–H and O–H groups in total. The molecule has 20 heavy (non-hydrogen) atoms. The van der Waals surface area contributed by atoms with E-state index in [-0.39, 0.29) is 11.7 Å². The van der Waals surface area contributed by atoms with Crippen molar-refractivity contribution in [2.45, 2.75) is 23.3 Å². The predicted molar refractivity (Wildman–Crippen MR) is 79.2 cm³/mol. The Morgan fingerprint density at radius 2 is 1.95 bits per heavy atom. The van der Waals surface area contributed by atoms with Gasteiger partial charge in [-0.05, 0) is 48.0 Å². The molecule has 0 atom stereocenters. The molecule has 0 unspecified atom stereocenters. The molecule has 104 valence electrons. The van der Waals surface area contributed by atoms with Gasteiger partial charge in [0, 0.05) is 28.9 Å². The summed E-state index contributed by atoms with van der Waals surface area (Å²) in [4.78, 5) is 12.9. The summed E-state index contributed by atoms with van der Waals surface area (Å²) >= 11 is 1.52. The number of amides is 1. The smallest absolute Gasteiger partial charge is 0.221 e.